The van der Waals surface area contributed by atoms with Gasteiger partial charge in [-0.15, -0.1) is 10.2 Å². The quantitative estimate of drug-likeness (QED) is 0.737. The van der Waals surface area contributed by atoms with E-state index in [0.717, 1.165) is 36.0 Å². The molecule has 6 nitrogen and oxygen atoms in total. The van der Waals surface area contributed by atoms with Gasteiger partial charge in [-0.2, -0.15) is 5.10 Å². The molecule has 3 heterocycles. The Morgan fingerprint density at radius 2 is 2.31 bits per heavy atom. The van der Waals surface area contributed by atoms with Gasteiger partial charge in [0.05, 0.1) is 17.8 Å². The third-order valence-electron chi connectivity index (χ3n) is 3.02. The van der Waals surface area contributed by atoms with E-state index < -0.39 is 0 Å². The number of H-pyrrole nitrogens is 1. The van der Waals surface area contributed by atoms with Crippen LogP contribution in [0.2, 0.25) is 0 Å². The molecular weight excluding hydrogens is 204 g/mol. The number of aromatic nitrogens is 5. The van der Waals surface area contributed by atoms with Crippen molar-refractivity contribution >= 4 is 0 Å². The Bertz CT molecular complexity index is 511. The van der Waals surface area contributed by atoms with Gasteiger partial charge in [0.2, 0.25) is 0 Å². The molecule has 1 aliphatic rings. The molecule has 1 unspecified atom stereocenters. The molecule has 0 radical (unpaired) electrons. The summed E-state index contributed by atoms with van der Waals surface area (Å²) < 4.78 is 2.17. The van der Waals surface area contributed by atoms with Gasteiger partial charge in [-0.05, 0) is 13.8 Å². The van der Waals surface area contributed by atoms with Crippen LogP contribution in [-0.2, 0) is 6.54 Å². The van der Waals surface area contributed by atoms with E-state index in [1.54, 1.807) is 6.20 Å². The molecule has 0 amide bonds. The fourth-order valence-corrected chi connectivity index (χ4v) is 2.12. The van der Waals surface area contributed by atoms with Gasteiger partial charge in [0.15, 0.2) is 5.82 Å². The van der Waals surface area contributed by atoms with Crippen LogP contribution in [-0.4, -0.2) is 31.5 Å². The van der Waals surface area contributed by atoms with Crippen molar-refractivity contribution in [3.05, 3.63) is 17.7 Å². The molecule has 1 aliphatic heterocycles. The van der Waals surface area contributed by atoms with Gasteiger partial charge in [0.1, 0.15) is 5.82 Å². The normalized spacial score (nSPS) is 19.8. The van der Waals surface area contributed by atoms with Crippen molar-refractivity contribution in [2.24, 2.45) is 0 Å². The minimum absolute atomic E-state index is 0.266. The monoisotopic (exact) mass is 218 g/mol. The van der Waals surface area contributed by atoms with Crippen molar-refractivity contribution in [3.63, 3.8) is 0 Å². The Morgan fingerprint density at radius 1 is 1.44 bits per heavy atom. The molecule has 0 spiro atoms. The van der Waals surface area contributed by atoms with Crippen molar-refractivity contribution < 1.29 is 0 Å². The van der Waals surface area contributed by atoms with Gasteiger partial charge in [-0.25, -0.2) is 0 Å². The molecule has 2 aromatic rings. The van der Waals surface area contributed by atoms with E-state index >= 15 is 0 Å². The first kappa shape index (κ1) is 9.53. The average Bonchev–Trinajstić information content (AvgIpc) is 2.84. The number of nitrogens with one attached hydrogen (secondary N) is 2. The van der Waals surface area contributed by atoms with E-state index in [2.05, 4.69) is 37.2 Å². The van der Waals surface area contributed by atoms with Crippen LogP contribution in [0.5, 0.6) is 0 Å². The molecule has 1 atom stereocenters. The number of rotatable bonds is 1. The van der Waals surface area contributed by atoms with Crippen LogP contribution in [0.1, 0.15) is 24.5 Å². The lowest BCUT2D eigenvalue weighted by molar-refractivity contribution is 0.439. The minimum atomic E-state index is 0.266. The number of nitrogens with zero attached hydrogens (tertiary/aromatic N) is 4. The number of aromatic amines is 1. The highest BCUT2D eigenvalue weighted by molar-refractivity contribution is 5.57. The summed E-state index contributed by atoms with van der Waals surface area (Å²) in [6.07, 6.45) is 1.80. The molecule has 0 fully saturated rings. The van der Waals surface area contributed by atoms with E-state index in [1.807, 2.05) is 6.92 Å². The van der Waals surface area contributed by atoms with Crippen LogP contribution in [0.4, 0.5) is 0 Å². The maximum Gasteiger partial charge on any atom is 0.167 e. The van der Waals surface area contributed by atoms with Crippen molar-refractivity contribution in [2.75, 3.05) is 6.54 Å². The van der Waals surface area contributed by atoms with Crippen molar-refractivity contribution in [1.29, 1.82) is 0 Å². The standard InChI is InChI=1S/C10H14N6/c1-6-8(5-12-13-6)10-15-14-9-7(2)11-3-4-16(9)10/h5,7,11H,3-4H2,1-2H3,(H,12,13). The fourth-order valence-electron chi connectivity index (χ4n) is 2.12. The van der Waals surface area contributed by atoms with Gasteiger partial charge < -0.3 is 9.88 Å². The molecule has 2 N–H and O–H groups in total. The van der Waals surface area contributed by atoms with Crippen LogP contribution in [0.25, 0.3) is 11.4 Å². The number of fused-ring (bicyclic) bond motifs is 1. The molecule has 0 saturated carbocycles. The third-order valence-corrected chi connectivity index (χ3v) is 3.02. The molecule has 0 saturated heterocycles. The first-order valence-electron chi connectivity index (χ1n) is 5.44. The van der Waals surface area contributed by atoms with E-state index in [0.29, 0.717) is 0 Å². The molecule has 6 heteroatoms. The van der Waals surface area contributed by atoms with E-state index in [4.69, 9.17) is 0 Å². The largest absolute Gasteiger partial charge is 0.308 e. The van der Waals surface area contributed by atoms with Crippen molar-refractivity contribution in [2.45, 2.75) is 26.4 Å². The second kappa shape index (κ2) is 3.41. The zero-order valence-electron chi connectivity index (χ0n) is 9.36. The summed E-state index contributed by atoms with van der Waals surface area (Å²) in [6.45, 7) is 5.96. The Hall–Kier alpha value is -1.69. The first-order valence-corrected chi connectivity index (χ1v) is 5.44. The SMILES string of the molecule is Cc1[nH]ncc1-c1nnc2n1CCNC2C. The predicted octanol–water partition coefficient (Wildman–Crippen LogP) is 0.641. The summed E-state index contributed by atoms with van der Waals surface area (Å²) in [7, 11) is 0. The number of hydrogen-bond acceptors (Lipinski definition) is 4. The zero-order valence-corrected chi connectivity index (χ0v) is 9.36. The van der Waals surface area contributed by atoms with Gasteiger partial charge in [0.25, 0.3) is 0 Å². The Kier molecular flexibility index (Phi) is 2.03. The predicted molar refractivity (Wildman–Crippen MR) is 58.8 cm³/mol. The van der Waals surface area contributed by atoms with Crippen LogP contribution < -0.4 is 5.32 Å². The van der Waals surface area contributed by atoms with Crippen LogP contribution in [0.3, 0.4) is 0 Å². The molecule has 0 aliphatic carbocycles. The van der Waals surface area contributed by atoms with E-state index in [1.165, 1.54) is 0 Å². The molecule has 3 rings (SSSR count). The maximum absolute atomic E-state index is 4.26. The molecule has 16 heavy (non-hydrogen) atoms. The molecule has 0 aromatic carbocycles. The smallest absolute Gasteiger partial charge is 0.167 e. The summed E-state index contributed by atoms with van der Waals surface area (Å²) in [4.78, 5) is 0. The zero-order chi connectivity index (χ0) is 11.1. The molecule has 84 valence electrons. The summed E-state index contributed by atoms with van der Waals surface area (Å²) in [5, 5.41) is 18.8. The van der Waals surface area contributed by atoms with Crippen LogP contribution >= 0.6 is 0 Å². The lowest BCUT2D eigenvalue weighted by atomic mass is 10.2. The first-order chi connectivity index (χ1) is 7.77. The van der Waals surface area contributed by atoms with Gasteiger partial charge in [-0.3, -0.25) is 5.10 Å². The highest BCUT2D eigenvalue weighted by Crippen LogP contribution is 2.24. The second-order valence-corrected chi connectivity index (χ2v) is 4.12. The van der Waals surface area contributed by atoms with E-state index in [9.17, 15) is 0 Å². The molecular formula is C10H14N6. The third kappa shape index (κ3) is 1.26. The Labute approximate surface area is 93.1 Å². The summed E-state index contributed by atoms with van der Waals surface area (Å²) in [6, 6.07) is 0.266. The Morgan fingerprint density at radius 3 is 3.06 bits per heavy atom. The summed E-state index contributed by atoms with van der Waals surface area (Å²) >= 11 is 0. The van der Waals surface area contributed by atoms with Crippen LogP contribution in [0.15, 0.2) is 6.20 Å². The molecule has 2 aromatic heterocycles. The minimum Gasteiger partial charge on any atom is -0.308 e. The highest BCUT2D eigenvalue weighted by atomic mass is 15.3. The Balaban J connectivity index is 2.13. The second-order valence-electron chi connectivity index (χ2n) is 4.12. The van der Waals surface area contributed by atoms with Gasteiger partial charge in [-0.1, -0.05) is 0 Å². The lowest BCUT2D eigenvalue weighted by Crippen LogP contribution is -2.32. The number of aryl methyl sites for hydroxylation is 1. The van der Waals surface area contributed by atoms with Crippen LogP contribution in [0, 0.1) is 6.92 Å². The van der Waals surface area contributed by atoms with E-state index in [-0.39, 0.29) is 6.04 Å². The van der Waals surface area contributed by atoms with Crippen molar-refractivity contribution in [1.82, 2.24) is 30.3 Å². The lowest BCUT2D eigenvalue weighted by Gasteiger charge is -2.21. The fraction of sp³-hybridized carbons (Fsp3) is 0.500. The summed E-state index contributed by atoms with van der Waals surface area (Å²) in [5.41, 5.74) is 2.06. The van der Waals surface area contributed by atoms with Crippen molar-refractivity contribution in [3.8, 4) is 11.4 Å². The number of hydrogen-bond donors (Lipinski definition) is 2. The average molecular weight is 218 g/mol. The van der Waals surface area contributed by atoms with Gasteiger partial charge >= 0.3 is 0 Å². The maximum atomic E-state index is 4.26. The van der Waals surface area contributed by atoms with Gasteiger partial charge in [0, 0.05) is 18.8 Å². The highest BCUT2D eigenvalue weighted by Gasteiger charge is 2.23. The topological polar surface area (TPSA) is 71.4 Å². The summed E-state index contributed by atoms with van der Waals surface area (Å²) in [5.74, 6) is 1.91. The molecule has 0 bridgehead atoms.